The number of fused-ring (bicyclic) bond motifs is 1. The molecule has 0 aromatic heterocycles. The first-order valence-electron chi connectivity index (χ1n) is 6.61. The maximum atomic E-state index is 12.1. The number of hydrogen-bond acceptors (Lipinski definition) is 3. The molecule has 0 saturated heterocycles. The van der Waals surface area contributed by atoms with Gasteiger partial charge in [-0.2, -0.15) is 0 Å². The van der Waals surface area contributed by atoms with Crippen molar-refractivity contribution in [3.05, 3.63) is 29.3 Å². The van der Waals surface area contributed by atoms with Crippen LogP contribution >= 0.6 is 0 Å². The van der Waals surface area contributed by atoms with E-state index < -0.39 is 0 Å². The molecule has 2 amide bonds. The normalized spacial score (nSPS) is 13.2. The number of aliphatic hydroxyl groups is 1. The Morgan fingerprint density at radius 1 is 1.37 bits per heavy atom. The van der Waals surface area contributed by atoms with Gasteiger partial charge in [0.2, 0.25) is 0 Å². The fourth-order valence-electron chi connectivity index (χ4n) is 2.16. The zero-order valence-corrected chi connectivity index (χ0v) is 11.2. The van der Waals surface area contributed by atoms with Crippen LogP contribution in [-0.4, -0.2) is 35.7 Å². The highest BCUT2D eigenvalue weighted by Crippen LogP contribution is 2.23. The van der Waals surface area contributed by atoms with Crippen LogP contribution in [0.5, 0.6) is 0 Å². The highest BCUT2D eigenvalue weighted by atomic mass is 16.5. The van der Waals surface area contributed by atoms with E-state index >= 15 is 0 Å². The summed E-state index contributed by atoms with van der Waals surface area (Å²) in [7, 11) is 0. The number of rotatable bonds is 5. The Hall–Kier alpha value is -1.59. The smallest absolute Gasteiger partial charge is 0.321 e. The number of carbonyl (C=O) groups excluding carboxylic acids is 1. The third-order valence-corrected chi connectivity index (χ3v) is 3.12. The fraction of sp³-hybridized carbons (Fsp3) is 0.500. The van der Waals surface area contributed by atoms with E-state index in [4.69, 9.17) is 9.84 Å². The van der Waals surface area contributed by atoms with E-state index in [0.29, 0.717) is 26.3 Å². The van der Waals surface area contributed by atoms with E-state index in [2.05, 4.69) is 5.32 Å². The molecule has 1 aliphatic rings. The molecule has 1 aromatic carbocycles. The molecule has 1 aromatic rings. The van der Waals surface area contributed by atoms with Crippen molar-refractivity contribution in [1.29, 1.82) is 0 Å². The number of aliphatic hydroxyl groups excluding tert-OH is 1. The van der Waals surface area contributed by atoms with Gasteiger partial charge in [-0.1, -0.05) is 13.0 Å². The van der Waals surface area contributed by atoms with Gasteiger partial charge in [-0.3, -0.25) is 0 Å². The van der Waals surface area contributed by atoms with Gasteiger partial charge in [0.05, 0.1) is 19.8 Å². The van der Waals surface area contributed by atoms with Crippen molar-refractivity contribution in [2.75, 3.05) is 25.0 Å². The monoisotopic (exact) mass is 264 g/mol. The Balaban J connectivity index is 2.01. The Bertz CT molecular complexity index is 442. The lowest BCUT2D eigenvalue weighted by Crippen LogP contribution is -2.37. The quantitative estimate of drug-likeness (QED) is 0.854. The topological polar surface area (TPSA) is 61.8 Å². The molecule has 5 heteroatoms. The Labute approximate surface area is 113 Å². The highest BCUT2D eigenvalue weighted by molar-refractivity contribution is 5.89. The van der Waals surface area contributed by atoms with Gasteiger partial charge in [0, 0.05) is 18.8 Å². The van der Waals surface area contributed by atoms with Crippen LogP contribution in [0.2, 0.25) is 0 Å². The van der Waals surface area contributed by atoms with Gasteiger partial charge in [-0.25, -0.2) is 4.79 Å². The third-order valence-electron chi connectivity index (χ3n) is 3.12. The zero-order valence-electron chi connectivity index (χ0n) is 11.2. The number of hydrogen-bond donors (Lipinski definition) is 2. The molecule has 5 nitrogen and oxygen atoms in total. The molecule has 0 fully saturated rings. The first kappa shape index (κ1) is 13.8. The number of anilines is 1. The first-order valence-corrected chi connectivity index (χ1v) is 6.61. The number of carbonyl (C=O) groups is 1. The number of nitrogens with zero attached hydrogens (tertiary/aromatic N) is 1. The summed E-state index contributed by atoms with van der Waals surface area (Å²) in [5.74, 6) is 0. The second-order valence-corrected chi connectivity index (χ2v) is 4.62. The predicted molar refractivity (Wildman–Crippen MR) is 72.9 cm³/mol. The molecule has 19 heavy (non-hydrogen) atoms. The standard InChI is InChI=1S/C14H20N2O3/c1-2-5-16(6-7-17)14(18)15-13-4-3-11-9-19-10-12(11)8-13/h3-4,8,17H,2,5-7,9-10H2,1H3,(H,15,18). The van der Waals surface area contributed by atoms with Gasteiger partial charge in [-0.05, 0) is 29.7 Å². The summed E-state index contributed by atoms with van der Waals surface area (Å²) < 4.78 is 5.34. The average molecular weight is 264 g/mol. The van der Waals surface area contributed by atoms with Gasteiger partial charge in [0.25, 0.3) is 0 Å². The van der Waals surface area contributed by atoms with E-state index in [1.54, 1.807) is 4.90 Å². The van der Waals surface area contributed by atoms with Crippen molar-refractivity contribution >= 4 is 11.7 Å². The maximum Gasteiger partial charge on any atom is 0.321 e. The summed E-state index contributed by atoms with van der Waals surface area (Å²) in [4.78, 5) is 13.7. The summed E-state index contributed by atoms with van der Waals surface area (Å²) in [6, 6.07) is 5.64. The Kier molecular flexibility index (Phi) is 4.76. The predicted octanol–water partition coefficient (Wildman–Crippen LogP) is 1.95. The minimum atomic E-state index is -0.172. The van der Waals surface area contributed by atoms with Crippen LogP contribution in [0.15, 0.2) is 18.2 Å². The third kappa shape index (κ3) is 3.45. The molecule has 0 atom stereocenters. The maximum absolute atomic E-state index is 12.1. The minimum absolute atomic E-state index is 0.0224. The summed E-state index contributed by atoms with van der Waals surface area (Å²) in [6.45, 7) is 4.23. The summed E-state index contributed by atoms with van der Waals surface area (Å²) in [6.07, 6.45) is 0.867. The van der Waals surface area contributed by atoms with Crippen molar-refractivity contribution in [2.45, 2.75) is 26.6 Å². The van der Waals surface area contributed by atoms with Crippen molar-refractivity contribution < 1.29 is 14.6 Å². The molecule has 1 heterocycles. The number of benzene rings is 1. The van der Waals surface area contributed by atoms with Crippen LogP contribution in [0.25, 0.3) is 0 Å². The molecule has 0 spiro atoms. The Morgan fingerprint density at radius 3 is 2.89 bits per heavy atom. The van der Waals surface area contributed by atoms with Crippen LogP contribution < -0.4 is 5.32 Å². The second-order valence-electron chi connectivity index (χ2n) is 4.62. The van der Waals surface area contributed by atoms with Crippen LogP contribution in [0.3, 0.4) is 0 Å². The van der Waals surface area contributed by atoms with Gasteiger partial charge in [-0.15, -0.1) is 0 Å². The van der Waals surface area contributed by atoms with E-state index in [-0.39, 0.29) is 12.6 Å². The van der Waals surface area contributed by atoms with Crippen LogP contribution in [0, 0.1) is 0 Å². The average Bonchev–Trinajstić information content (AvgIpc) is 2.86. The van der Waals surface area contributed by atoms with Crippen molar-refractivity contribution in [2.24, 2.45) is 0 Å². The molecule has 1 aliphatic heterocycles. The van der Waals surface area contributed by atoms with E-state index in [1.165, 1.54) is 5.56 Å². The lowest BCUT2D eigenvalue weighted by molar-refractivity contribution is 0.134. The lowest BCUT2D eigenvalue weighted by atomic mass is 10.1. The molecule has 2 N–H and O–H groups in total. The number of urea groups is 1. The van der Waals surface area contributed by atoms with Gasteiger partial charge >= 0.3 is 6.03 Å². The van der Waals surface area contributed by atoms with Crippen molar-refractivity contribution in [3.8, 4) is 0 Å². The molecule has 0 saturated carbocycles. The molecule has 104 valence electrons. The van der Waals surface area contributed by atoms with Crippen molar-refractivity contribution in [3.63, 3.8) is 0 Å². The van der Waals surface area contributed by atoms with E-state index in [9.17, 15) is 4.79 Å². The number of amides is 2. The minimum Gasteiger partial charge on any atom is -0.395 e. The largest absolute Gasteiger partial charge is 0.395 e. The van der Waals surface area contributed by atoms with Gasteiger partial charge in [0.15, 0.2) is 0 Å². The molecule has 0 unspecified atom stereocenters. The lowest BCUT2D eigenvalue weighted by Gasteiger charge is -2.21. The molecular weight excluding hydrogens is 244 g/mol. The first-order chi connectivity index (χ1) is 9.24. The highest BCUT2D eigenvalue weighted by Gasteiger charge is 2.15. The van der Waals surface area contributed by atoms with Crippen LogP contribution in [-0.2, 0) is 18.0 Å². The van der Waals surface area contributed by atoms with Gasteiger partial charge in [0.1, 0.15) is 0 Å². The molecule has 2 rings (SSSR count). The van der Waals surface area contributed by atoms with E-state index in [1.807, 2.05) is 25.1 Å². The molecular formula is C14H20N2O3. The molecule has 0 radical (unpaired) electrons. The summed E-state index contributed by atoms with van der Waals surface area (Å²) in [5.41, 5.74) is 3.08. The fourth-order valence-corrected chi connectivity index (χ4v) is 2.16. The second kappa shape index (κ2) is 6.54. The van der Waals surface area contributed by atoms with Crippen molar-refractivity contribution in [1.82, 2.24) is 4.90 Å². The summed E-state index contributed by atoms with van der Waals surface area (Å²) >= 11 is 0. The van der Waals surface area contributed by atoms with Crippen LogP contribution in [0.1, 0.15) is 24.5 Å². The number of ether oxygens (including phenoxy) is 1. The summed E-state index contributed by atoms with van der Waals surface area (Å²) in [5, 5.41) is 11.8. The van der Waals surface area contributed by atoms with E-state index in [0.717, 1.165) is 17.7 Å². The SMILES string of the molecule is CCCN(CCO)C(=O)Nc1ccc2c(c1)COC2. The number of nitrogens with one attached hydrogen (secondary N) is 1. The molecule has 0 bridgehead atoms. The molecule has 0 aliphatic carbocycles. The zero-order chi connectivity index (χ0) is 13.7. The van der Waals surface area contributed by atoms with Crippen LogP contribution in [0.4, 0.5) is 10.5 Å². The Morgan fingerprint density at radius 2 is 2.16 bits per heavy atom. The van der Waals surface area contributed by atoms with Gasteiger partial charge < -0.3 is 20.1 Å².